The first kappa shape index (κ1) is 13.3. The van der Waals surface area contributed by atoms with Crippen LogP contribution in [-0.2, 0) is 16.0 Å². The lowest BCUT2D eigenvalue weighted by molar-refractivity contribution is -0.160. The van der Waals surface area contributed by atoms with Crippen molar-refractivity contribution >= 4 is 16.9 Å². The summed E-state index contributed by atoms with van der Waals surface area (Å²) in [5, 5.41) is 11.8. The van der Waals surface area contributed by atoms with Gasteiger partial charge in [0, 0.05) is 29.7 Å². The number of methoxy groups -OCH3 is 1. The van der Waals surface area contributed by atoms with Gasteiger partial charge in [-0.15, -0.1) is 0 Å². The molecule has 5 heteroatoms. The lowest BCUT2D eigenvalue weighted by Crippen LogP contribution is -2.53. The quantitative estimate of drug-likeness (QED) is 0.608. The van der Waals surface area contributed by atoms with Crippen LogP contribution in [0.4, 0.5) is 0 Å². The molecule has 3 aliphatic rings. The Morgan fingerprint density at radius 1 is 1.38 bits per heavy atom. The number of H-pyrrole nitrogens is 1. The SMILES string of the molecule is [2H][13C]([2H])([2H])OC(=O)[C@@H]1[C@H]2C[C@H]3c4[nH]c5ccccc5c4CCN3C[C@@H]2CC[C@@H]1O. The molecule has 2 aromatic rings. The zero-order valence-corrected chi connectivity index (χ0v) is 14.6. The Hall–Kier alpha value is -1.85. The number of hydrogen-bond acceptors (Lipinski definition) is 4. The average molecular weight is 358 g/mol. The standard InChI is InChI=1S/C21H26N2O3/c1-26-21(25)19-15-10-17-20-14(13-4-2-3-5-16(13)22-20)8-9-23(17)11-12(15)6-7-18(19)24/h2-5,12,15,17-19,22,24H,6-11H2,1H3/t12-,15-,17-,18-,19+/m0/s1/i1+1D3. The number of para-hydroxylation sites is 1. The van der Waals surface area contributed by atoms with Crippen molar-refractivity contribution in [2.75, 3.05) is 20.1 Å². The summed E-state index contributed by atoms with van der Waals surface area (Å²) in [7, 11) is -2.78. The molecule has 138 valence electrons. The third-order valence-electron chi connectivity index (χ3n) is 6.92. The number of rotatable bonds is 1. The van der Waals surface area contributed by atoms with Crippen LogP contribution in [0.25, 0.3) is 10.9 Å². The lowest BCUT2D eigenvalue weighted by Gasteiger charge is -2.50. The predicted octanol–water partition coefficient (Wildman–Crippen LogP) is 2.65. The molecule has 2 N–H and O–H groups in total. The number of carbonyl (C=O) groups is 1. The second kappa shape index (κ2) is 6.10. The van der Waals surface area contributed by atoms with Gasteiger partial charge in [0.2, 0.25) is 0 Å². The zero-order chi connectivity index (χ0) is 20.3. The maximum atomic E-state index is 12.7. The highest BCUT2D eigenvalue weighted by molar-refractivity contribution is 5.85. The number of benzene rings is 1. The molecule has 3 heterocycles. The van der Waals surface area contributed by atoms with Crippen molar-refractivity contribution < 1.29 is 18.8 Å². The van der Waals surface area contributed by atoms with Gasteiger partial charge in [-0.05, 0) is 49.1 Å². The van der Waals surface area contributed by atoms with E-state index in [1.54, 1.807) is 0 Å². The molecule has 5 nitrogen and oxygen atoms in total. The van der Waals surface area contributed by atoms with E-state index in [1.165, 1.54) is 16.6 Å². The monoisotopic (exact) mass is 358 g/mol. The van der Waals surface area contributed by atoms with Gasteiger partial charge in [0.15, 0.2) is 0 Å². The van der Waals surface area contributed by atoms with Crippen LogP contribution in [0.15, 0.2) is 24.3 Å². The van der Waals surface area contributed by atoms with Gasteiger partial charge in [-0.1, -0.05) is 18.2 Å². The summed E-state index contributed by atoms with van der Waals surface area (Å²) in [4.78, 5) is 18.7. The molecule has 0 amide bonds. The number of aromatic nitrogens is 1. The highest BCUT2D eigenvalue weighted by Gasteiger charge is 2.49. The van der Waals surface area contributed by atoms with Crippen molar-refractivity contribution in [3.8, 4) is 0 Å². The van der Waals surface area contributed by atoms with Gasteiger partial charge < -0.3 is 14.8 Å². The molecule has 26 heavy (non-hydrogen) atoms. The number of aliphatic hydroxyl groups is 1. The molecular formula is C21H26N2O3. The van der Waals surface area contributed by atoms with E-state index in [-0.39, 0.29) is 17.9 Å². The number of aliphatic hydroxyl groups excluding tert-OH is 1. The van der Waals surface area contributed by atoms with Crippen LogP contribution < -0.4 is 0 Å². The molecule has 5 rings (SSSR count). The summed E-state index contributed by atoms with van der Waals surface area (Å²) >= 11 is 0. The van der Waals surface area contributed by atoms with E-state index in [2.05, 4.69) is 28.1 Å². The summed E-state index contributed by atoms with van der Waals surface area (Å²) in [6.07, 6.45) is 2.25. The largest absolute Gasteiger partial charge is 0.469 e. The molecule has 1 saturated carbocycles. The Bertz CT molecular complexity index is 941. The van der Waals surface area contributed by atoms with Crippen LogP contribution in [0.5, 0.6) is 0 Å². The molecule has 1 saturated heterocycles. The Morgan fingerprint density at radius 3 is 3.15 bits per heavy atom. The van der Waals surface area contributed by atoms with Crippen molar-refractivity contribution in [3.63, 3.8) is 0 Å². The third-order valence-corrected chi connectivity index (χ3v) is 6.92. The molecule has 5 atom stereocenters. The summed E-state index contributed by atoms with van der Waals surface area (Å²) in [5.74, 6) is -1.36. The fourth-order valence-electron chi connectivity index (χ4n) is 5.74. The smallest absolute Gasteiger partial charge is 0.311 e. The molecule has 1 aromatic carbocycles. The Balaban J connectivity index is 1.47. The van der Waals surface area contributed by atoms with Gasteiger partial charge in [-0.25, -0.2) is 0 Å². The second-order valence-electron chi connectivity index (χ2n) is 8.07. The van der Waals surface area contributed by atoms with Gasteiger partial charge in [0.05, 0.1) is 29.2 Å². The number of hydrogen-bond donors (Lipinski definition) is 2. The van der Waals surface area contributed by atoms with Crippen LogP contribution in [0.3, 0.4) is 0 Å². The molecular weight excluding hydrogens is 329 g/mol. The van der Waals surface area contributed by atoms with E-state index < -0.39 is 25.0 Å². The van der Waals surface area contributed by atoms with Crippen molar-refractivity contribution in [1.29, 1.82) is 0 Å². The summed E-state index contributed by atoms with van der Waals surface area (Å²) in [5.41, 5.74) is 3.68. The normalized spacial score (nSPS) is 36.2. The fourth-order valence-corrected chi connectivity index (χ4v) is 5.74. The van der Waals surface area contributed by atoms with Gasteiger partial charge in [0.25, 0.3) is 0 Å². The van der Waals surface area contributed by atoms with E-state index in [1.807, 2.05) is 6.07 Å². The van der Waals surface area contributed by atoms with Gasteiger partial charge in [0.1, 0.15) is 0 Å². The number of ether oxygens (including phenoxy) is 1. The van der Waals surface area contributed by atoms with E-state index in [0.29, 0.717) is 6.42 Å². The zero-order valence-electron chi connectivity index (χ0n) is 17.6. The highest BCUT2D eigenvalue weighted by Crippen LogP contribution is 2.49. The minimum absolute atomic E-state index is 0.0767. The first-order chi connectivity index (χ1) is 13.8. The summed E-state index contributed by atoms with van der Waals surface area (Å²) in [6, 6.07) is 8.47. The van der Waals surface area contributed by atoms with E-state index >= 15 is 0 Å². The van der Waals surface area contributed by atoms with E-state index in [9.17, 15) is 9.90 Å². The number of carbonyl (C=O) groups excluding carboxylic acids is 1. The summed E-state index contributed by atoms with van der Waals surface area (Å²) in [6.45, 7) is 1.85. The molecule has 2 aliphatic heterocycles. The maximum Gasteiger partial charge on any atom is 0.311 e. The van der Waals surface area contributed by atoms with Crippen LogP contribution in [0, 0.1) is 17.8 Å². The number of aromatic amines is 1. The van der Waals surface area contributed by atoms with Gasteiger partial charge >= 0.3 is 5.97 Å². The van der Waals surface area contributed by atoms with E-state index in [0.717, 1.165) is 37.9 Å². The molecule has 1 aromatic heterocycles. The number of fused-ring (bicyclic) bond motifs is 6. The summed E-state index contributed by atoms with van der Waals surface area (Å²) < 4.78 is 26.6. The minimum atomic E-state index is -2.78. The fraction of sp³-hybridized carbons (Fsp3) is 0.571. The third kappa shape index (κ3) is 2.33. The molecule has 0 unspecified atom stereocenters. The molecule has 1 aliphatic carbocycles. The molecule has 2 fully saturated rings. The minimum Gasteiger partial charge on any atom is -0.469 e. The predicted molar refractivity (Wildman–Crippen MR) is 98.7 cm³/mol. The first-order valence-corrected chi connectivity index (χ1v) is 9.56. The Labute approximate surface area is 157 Å². The topological polar surface area (TPSA) is 65.6 Å². The Morgan fingerprint density at radius 2 is 2.27 bits per heavy atom. The second-order valence-corrected chi connectivity index (χ2v) is 8.07. The van der Waals surface area contributed by atoms with Crippen molar-refractivity contribution in [2.24, 2.45) is 17.8 Å². The molecule has 0 radical (unpaired) electrons. The first-order valence-electron chi connectivity index (χ1n) is 11.1. The Kier molecular flexibility index (Phi) is 3.13. The number of piperidine rings is 1. The van der Waals surface area contributed by atoms with E-state index in [4.69, 9.17) is 8.85 Å². The molecule has 0 bridgehead atoms. The van der Waals surface area contributed by atoms with Crippen LogP contribution in [0.1, 0.15) is 40.7 Å². The van der Waals surface area contributed by atoms with Crippen molar-refractivity contribution in [2.45, 2.75) is 37.8 Å². The maximum absolute atomic E-state index is 12.7. The average Bonchev–Trinajstić information content (AvgIpc) is 3.04. The highest BCUT2D eigenvalue weighted by atomic mass is 16.6. The number of esters is 1. The van der Waals surface area contributed by atoms with Crippen molar-refractivity contribution in [3.05, 3.63) is 35.5 Å². The number of nitrogens with zero attached hydrogens (tertiary/aromatic N) is 1. The molecule has 0 spiro atoms. The van der Waals surface area contributed by atoms with Crippen LogP contribution in [-0.4, -0.2) is 47.2 Å². The number of nitrogens with one attached hydrogen (secondary N) is 1. The van der Waals surface area contributed by atoms with Gasteiger partial charge in [-0.2, -0.15) is 0 Å². The van der Waals surface area contributed by atoms with Crippen LogP contribution >= 0.6 is 0 Å². The van der Waals surface area contributed by atoms with Crippen LogP contribution in [0.2, 0.25) is 0 Å². The van der Waals surface area contributed by atoms with Crippen molar-refractivity contribution in [1.82, 2.24) is 9.88 Å². The van der Waals surface area contributed by atoms with Gasteiger partial charge in [-0.3, -0.25) is 9.69 Å². The lowest BCUT2D eigenvalue weighted by atomic mass is 9.65.